The van der Waals surface area contributed by atoms with E-state index >= 15 is 0 Å². The molecule has 1 nitrogen and oxygen atoms in total. The van der Waals surface area contributed by atoms with E-state index in [0.717, 1.165) is 5.75 Å². The van der Waals surface area contributed by atoms with Gasteiger partial charge in [-0.25, -0.2) is 0 Å². The Balaban J connectivity index is 2.13. The Hall–Kier alpha value is -1.50. The van der Waals surface area contributed by atoms with Crippen LogP contribution in [0, 0.1) is 11.5 Å². The van der Waals surface area contributed by atoms with Gasteiger partial charge < -0.3 is 4.74 Å². The predicted octanol–water partition coefficient (Wildman–Crippen LogP) is 3.39. The van der Waals surface area contributed by atoms with Gasteiger partial charge in [-0.05, 0) is 24.3 Å². The van der Waals surface area contributed by atoms with Crippen molar-refractivity contribution >= 4 is 0 Å². The van der Waals surface area contributed by atoms with Crippen molar-refractivity contribution in [1.82, 2.24) is 0 Å². The van der Waals surface area contributed by atoms with Gasteiger partial charge in [-0.1, -0.05) is 44.2 Å². The van der Waals surface area contributed by atoms with Gasteiger partial charge in [0.15, 0.2) is 0 Å². The highest BCUT2D eigenvalue weighted by Crippen LogP contribution is 2.29. The minimum atomic E-state index is -0.0649. The molecule has 0 amide bonds. The Bertz CT molecular complexity index is 374. The van der Waals surface area contributed by atoms with Crippen LogP contribution in [0.1, 0.15) is 13.8 Å². The zero-order valence-corrected chi connectivity index (χ0v) is 9.10. The standard InChI is InChI=1S/C14H15O/c1-14(2)11-7-6-10-13(14)15-12-8-4-3-5-9-12/h3-10,13H,1-2H3. The van der Waals surface area contributed by atoms with Crippen molar-refractivity contribution in [1.29, 1.82) is 0 Å². The molecule has 0 aliphatic heterocycles. The molecule has 1 atom stereocenters. The van der Waals surface area contributed by atoms with Crippen LogP contribution in [0.15, 0.2) is 48.6 Å². The zero-order valence-electron chi connectivity index (χ0n) is 9.10. The van der Waals surface area contributed by atoms with Crippen molar-refractivity contribution < 1.29 is 4.74 Å². The summed E-state index contributed by atoms with van der Waals surface area (Å²) < 4.78 is 5.90. The third kappa shape index (κ3) is 2.30. The van der Waals surface area contributed by atoms with Gasteiger partial charge in [-0.15, -0.1) is 0 Å². The van der Waals surface area contributed by atoms with E-state index in [2.05, 4.69) is 26.0 Å². The fraction of sp³-hybridized carbons (Fsp3) is 0.286. The predicted molar refractivity (Wildman–Crippen MR) is 61.6 cm³/mol. The van der Waals surface area contributed by atoms with Crippen molar-refractivity contribution in [2.45, 2.75) is 20.0 Å². The lowest BCUT2D eigenvalue weighted by Crippen LogP contribution is -2.32. The second-order valence-corrected chi connectivity index (χ2v) is 4.27. The fourth-order valence-electron chi connectivity index (χ4n) is 1.57. The van der Waals surface area contributed by atoms with Gasteiger partial charge in [0.1, 0.15) is 11.9 Å². The van der Waals surface area contributed by atoms with Crippen LogP contribution in [-0.2, 0) is 0 Å². The monoisotopic (exact) mass is 199 g/mol. The van der Waals surface area contributed by atoms with Crippen LogP contribution in [0.25, 0.3) is 0 Å². The van der Waals surface area contributed by atoms with Crippen LogP contribution < -0.4 is 4.74 Å². The number of hydrogen-bond acceptors (Lipinski definition) is 1. The van der Waals surface area contributed by atoms with Crippen molar-refractivity contribution in [2.75, 3.05) is 0 Å². The van der Waals surface area contributed by atoms with E-state index in [1.165, 1.54) is 0 Å². The summed E-state index contributed by atoms with van der Waals surface area (Å²) in [6.07, 6.45) is 9.36. The molecule has 0 saturated heterocycles. The number of rotatable bonds is 2. The molecule has 1 radical (unpaired) electrons. The molecule has 1 unspecified atom stereocenters. The summed E-state index contributed by atoms with van der Waals surface area (Å²) in [5.74, 6) is 0.906. The van der Waals surface area contributed by atoms with Crippen LogP contribution in [0.5, 0.6) is 5.75 Å². The van der Waals surface area contributed by atoms with Gasteiger partial charge >= 0.3 is 0 Å². The first kappa shape index (κ1) is 10.0. The van der Waals surface area contributed by atoms with Gasteiger partial charge in [0.05, 0.1) is 0 Å². The topological polar surface area (TPSA) is 9.23 Å². The molecule has 1 aromatic carbocycles. The third-order valence-electron chi connectivity index (χ3n) is 2.56. The van der Waals surface area contributed by atoms with Gasteiger partial charge in [-0.2, -0.15) is 0 Å². The second kappa shape index (κ2) is 3.93. The summed E-state index contributed by atoms with van der Waals surface area (Å²) in [6.45, 7) is 4.25. The molecule has 0 heterocycles. The number of allylic oxidation sites excluding steroid dienone is 2. The van der Waals surface area contributed by atoms with Gasteiger partial charge in [0.2, 0.25) is 0 Å². The number of ether oxygens (including phenoxy) is 1. The molecule has 0 N–H and O–H groups in total. The van der Waals surface area contributed by atoms with Crippen LogP contribution >= 0.6 is 0 Å². The van der Waals surface area contributed by atoms with E-state index < -0.39 is 0 Å². The van der Waals surface area contributed by atoms with Gasteiger partial charge in [0, 0.05) is 5.41 Å². The highest BCUT2D eigenvalue weighted by molar-refractivity contribution is 5.24. The zero-order chi connectivity index (χ0) is 10.7. The van der Waals surface area contributed by atoms with Gasteiger partial charge in [-0.3, -0.25) is 0 Å². The molecule has 1 aromatic rings. The minimum Gasteiger partial charge on any atom is -0.485 e. The maximum atomic E-state index is 5.90. The van der Waals surface area contributed by atoms with Crippen molar-refractivity contribution in [3.63, 3.8) is 0 Å². The maximum Gasteiger partial charge on any atom is 0.126 e. The maximum absolute atomic E-state index is 5.90. The summed E-state index contributed by atoms with van der Waals surface area (Å²) in [7, 11) is 0. The lowest BCUT2D eigenvalue weighted by atomic mass is 9.83. The molecule has 15 heavy (non-hydrogen) atoms. The number of para-hydroxylation sites is 1. The normalized spacial score (nSPS) is 22.7. The minimum absolute atomic E-state index is 0.0601. The van der Waals surface area contributed by atoms with E-state index in [0.29, 0.717) is 0 Å². The lowest BCUT2D eigenvalue weighted by Gasteiger charge is -2.31. The first-order chi connectivity index (χ1) is 7.18. The van der Waals surface area contributed by atoms with Crippen molar-refractivity contribution in [3.05, 3.63) is 54.6 Å². The van der Waals surface area contributed by atoms with E-state index in [1.807, 2.05) is 42.5 Å². The average Bonchev–Trinajstić information content (AvgIpc) is 2.23. The summed E-state index contributed by atoms with van der Waals surface area (Å²) >= 11 is 0. The van der Waals surface area contributed by atoms with E-state index in [9.17, 15) is 0 Å². The van der Waals surface area contributed by atoms with Crippen LogP contribution in [0.4, 0.5) is 0 Å². The highest BCUT2D eigenvalue weighted by atomic mass is 16.5. The third-order valence-corrected chi connectivity index (χ3v) is 2.56. The lowest BCUT2D eigenvalue weighted by molar-refractivity contribution is 0.143. The second-order valence-electron chi connectivity index (χ2n) is 4.27. The first-order valence-electron chi connectivity index (χ1n) is 5.18. The molecule has 77 valence electrons. The van der Waals surface area contributed by atoms with Gasteiger partial charge in [0.25, 0.3) is 0 Å². The van der Waals surface area contributed by atoms with Crippen molar-refractivity contribution in [3.8, 4) is 5.75 Å². The Morgan fingerprint density at radius 1 is 1.20 bits per heavy atom. The summed E-state index contributed by atoms with van der Waals surface area (Å²) in [4.78, 5) is 0. The summed E-state index contributed by atoms with van der Waals surface area (Å²) in [5.41, 5.74) is -0.0649. The average molecular weight is 199 g/mol. The van der Waals surface area contributed by atoms with E-state index in [1.54, 1.807) is 0 Å². The summed E-state index contributed by atoms with van der Waals surface area (Å²) in [5, 5.41) is 0. The molecule has 1 aliphatic rings. The molecule has 2 rings (SSSR count). The van der Waals surface area contributed by atoms with Crippen LogP contribution in [0.3, 0.4) is 0 Å². The van der Waals surface area contributed by atoms with Crippen LogP contribution in [-0.4, -0.2) is 6.10 Å². The summed E-state index contributed by atoms with van der Waals surface area (Å²) in [6, 6.07) is 9.90. The fourth-order valence-corrected chi connectivity index (χ4v) is 1.57. The molecule has 0 spiro atoms. The molecule has 0 saturated carbocycles. The number of benzene rings is 1. The Morgan fingerprint density at radius 2 is 1.93 bits per heavy atom. The quantitative estimate of drug-likeness (QED) is 0.709. The SMILES string of the molecule is CC1(C)[C]=CC=CC1Oc1ccccc1. The molecule has 1 aliphatic carbocycles. The van der Waals surface area contributed by atoms with E-state index in [-0.39, 0.29) is 11.5 Å². The highest BCUT2D eigenvalue weighted by Gasteiger charge is 2.28. The Morgan fingerprint density at radius 3 is 2.60 bits per heavy atom. The molecular formula is C14H15O. The van der Waals surface area contributed by atoms with Crippen molar-refractivity contribution in [2.24, 2.45) is 5.41 Å². The Kier molecular flexibility index (Phi) is 2.63. The molecule has 0 bridgehead atoms. The van der Waals surface area contributed by atoms with E-state index in [4.69, 9.17) is 4.74 Å². The Labute approximate surface area is 91.1 Å². The first-order valence-corrected chi connectivity index (χ1v) is 5.18. The number of hydrogen-bond donors (Lipinski definition) is 0. The molecule has 0 aromatic heterocycles. The largest absolute Gasteiger partial charge is 0.485 e. The smallest absolute Gasteiger partial charge is 0.126 e. The molecule has 1 heteroatoms. The van der Waals surface area contributed by atoms with Crippen LogP contribution in [0.2, 0.25) is 0 Å². The molecule has 0 fully saturated rings. The molecular weight excluding hydrogens is 184 g/mol.